The summed E-state index contributed by atoms with van der Waals surface area (Å²) in [5.74, 6) is -0.271. The first-order valence-corrected chi connectivity index (χ1v) is 7.66. The van der Waals surface area contributed by atoms with Gasteiger partial charge in [0.1, 0.15) is 0 Å². The SMILES string of the molecule is O=C(Nc1ccccc1SC(F)(F)F)C1CCCCCN1. The molecule has 0 aliphatic carbocycles. The highest BCUT2D eigenvalue weighted by Crippen LogP contribution is 2.40. The minimum Gasteiger partial charge on any atom is -0.324 e. The van der Waals surface area contributed by atoms with Crippen molar-refractivity contribution >= 4 is 23.4 Å². The van der Waals surface area contributed by atoms with Gasteiger partial charge in [0.2, 0.25) is 5.91 Å². The molecule has 1 aromatic rings. The van der Waals surface area contributed by atoms with Crippen molar-refractivity contribution in [1.82, 2.24) is 5.32 Å². The van der Waals surface area contributed by atoms with Gasteiger partial charge in [0.25, 0.3) is 0 Å². The summed E-state index contributed by atoms with van der Waals surface area (Å²) in [6, 6.07) is 5.64. The maximum Gasteiger partial charge on any atom is 0.446 e. The zero-order valence-corrected chi connectivity index (χ0v) is 12.2. The van der Waals surface area contributed by atoms with Crippen molar-refractivity contribution in [3.8, 4) is 0 Å². The number of rotatable bonds is 3. The molecule has 1 amide bonds. The van der Waals surface area contributed by atoms with Crippen LogP contribution in [-0.2, 0) is 4.79 Å². The lowest BCUT2D eigenvalue weighted by molar-refractivity contribution is -0.118. The molecule has 1 fully saturated rings. The van der Waals surface area contributed by atoms with E-state index in [4.69, 9.17) is 0 Å². The van der Waals surface area contributed by atoms with Gasteiger partial charge in [-0.2, -0.15) is 13.2 Å². The predicted molar refractivity (Wildman–Crippen MR) is 77.2 cm³/mol. The Labute approximate surface area is 125 Å². The number of carbonyl (C=O) groups excluding carboxylic acids is 1. The van der Waals surface area contributed by atoms with Crippen molar-refractivity contribution in [1.29, 1.82) is 0 Å². The van der Waals surface area contributed by atoms with Crippen LogP contribution in [0, 0.1) is 0 Å². The molecule has 0 spiro atoms. The number of anilines is 1. The van der Waals surface area contributed by atoms with E-state index in [-0.39, 0.29) is 34.3 Å². The number of carbonyl (C=O) groups is 1. The van der Waals surface area contributed by atoms with Crippen LogP contribution in [0.4, 0.5) is 18.9 Å². The Morgan fingerprint density at radius 3 is 2.76 bits per heavy atom. The molecule has 0 radical (unpaired) electrons. The lowest BCUT2D eigenvalue weighted by Gasteiger charge is -2.17. The van der Waals surface area contributed by atoms with Crippen molar-refractivity contribution in [2.75, 3.05) is 11.9 Å². The maximum atomic E-state index is 12.5. The molecular weight excluding hydrogens is 301 g/mol. The topological polar surface area (TPSA) is 41.1 Å². The quantitative estimate of drug-likeness (QED) is 0.834. The average Bonchev–Trinajstić information content (AvgIpc) is 2.68. The van der Waals surface area contributed by atoms with Crippen LogP contribution >= 0.6 is 11.8 Å². The van der Waals surface area contributed by atoms with E-state index in [1.165, 1.54) is 18.2 Å². The molecule has 0 bridgehead atoms. The van der Waals surface area contributed by atoms with E-state index >= 15 is 0 Å². The van der Waals surface area contributed by atoms with Crippen LogP contribution in [0.3, 0.4) is 0 Å². The van der Waals surface area contributed by atoms with Gasteiger partial charge < -0.3 is 10.6 Å². The average molecular weight is 318 g/mol. The van der Waals surface area contributed by atoms with Crippen LogP contribution in [0.2, 0.25) is 0 Å². The van der Waals surface area contributed by atoms with Gasteiger partial charge in [0, 0.05) is 4.90 Å². The largest absolute Gasteiger partial charge is 0.446 e. The van der Waals surface area contributed by atoms with E-state index in [9.17, 15) is 18.0 Å². The second kappa shape index (κ2) is 7.17. The Balaban J connectivity index is 2.06. The molecule has 1 aromatic carbocycles. The van der Waals surface area contributed by atoms with Crippen LogP contribution < -0.4 is 10.6 Å². The van der Waals surface area contributed by atoms with Crippen LogP contribution in [-0.4, -0.2) is 24.0 Å². The van der Waals surface area contributed by atoms with Gasteiger partial charge in [0.05, 0.1) is 11.7 Å². The number of para-hydroxylation sites is 1. The summed E-state index contributed by atoms with van der Waals surface area (Å²) in [5.41, 5.74) is -4.17. The highest BCUT2D eigenvalue weighted by molar-refractivity contribution is 8.00. The normalized spacial score (nSPS) is 19.9. The molecule has 1 saturated heterocycles. The first-order valence-electron chi connectivity index (χ1n) is 6.85. The first kappa shape index (κ1) is 16.2. The standard InChI is InChI=1S/C14H17F3N2OS/c15-14(16,17)21-12-8-4-3-6-10(12)19-13(20)11-7-2-1-5-9-18-11/h3-4,6,8,11,18H,1-2,5,7,9H2,(H,19,20). The smallest absolute Gasteiger partial charge is 0.324 e. The van der Waals surface area contributed by atoms with Gasteiger partial charge in [0.15, 0.2) is 0 Å². The Morgan fingerprint density at radius 1 is 1.24 bits per heavy atom. The highest BCUT2D eigenvalue weighted by atomic mass is 32.2. The van der Waals surface area contributed by atoms with Gasteiger partial charge in [-0.1, -0.05) is 25.0 Å². The fraction of sp³-hybridized carbons (Fsp3) is 0.500. The monoisotopic (exact) mass is 318 g/mol. The van der Waals surface area contributed by atoms with E-state index in [1.54, 1.807) is 6.07 Å². The fourth-order valence-corrected chi connectivity index (χ4v) is 2.88. The van der Waals surface area contributed by atoms with E-state index in [1.807, 2.05) is 0 Å². The molecule has 0 aromatic heterocycles. The van der Waals surface area contributed by atoms with E-state index in [0.717, 1.165) is 25.8 Å². The summed E-state index contributed by atoms with van der Waals surface area (Å²) < 4.78 is 37.5. The number of nitrogens with one attached hydrogen (secondary N) is 2. The number of hydrogen-bond acceptors (Lipinski definition) is 3. The Bertz CT molecular complexity index is 485. The third kappa shape index (κ3) is 5.24. The summed E-state index contributed by atoms with van der Waals surface area (Å²) in [4.78, 5) is 12.2. The number of benzene rings is 1. The third-order valence-corrected chi connectivity index (χ3v) is 4.05. The van der Waals surface area contributed by atoms with Gasteiger partial charge >= 0.3 is 5.51 Å². The van der Waals surface area contributed by atoms with Crippen LogP contribution in [0.5, 0.6) is 0 Å². The van der Waals surface area contributed by atoms with Crippen molar-refractivity contribution in [3.05, 3.63) is 24.3 Å². The van der Waals surface area contributed by atoms with E-state index in [0.29, 0.717) is 6.42 Å². The number of hydrogen-bond donors (Lipinski definition) is 2. The lowest BCUT2D eigenvalue weighted by atomic mass is 10.1. The fourth-order valence-electron chi connectivity index (χ4n) is 2.26. The molecule has 1 heterocycles. The second-order valence-electron chi connectivity index (χ2n) is 4.89. The Hall–Kier alpha value is -1.21. The number of alkyl halides is 3. The summed E-state index contributed by atoms with van der Waals surface area (Å²) in [5, 5.41) is 5.74. The zero-order valence-electron chi connectivity index (χ0n) is 11.4. The molecule has 7 heteroatoms. The first-order chi connectivity index (χ1) is 9.96. The Kier molecular flexibility index (Phi) is 5.52. The molecule has 1 unspecified atom stereocenters. The third-order valence-electron chi connectivity index (χ3n) is 3.25. The zero-order chi connectivity index (χ0) is 15.3. The second-order valence-corrected chi connectivity index (χ2v) is 6.00. The molecule has 1 atom stereocenters. The molecule has 1 aliphatic heterocycles. The Morgan fingerprint density at radius 2 is 2.00 bits per heavy atom. The summed E-state index contributed by atoms with van der Waals surface area (Å²) in [6.07, 6.45) is 3.74. The van der Waals surface area contributed by atoms with E-state index in [2.05, 4.69) is 10.6 Å². The van der Waals surface area contributed by atoms with Crippen molar-refractivity contribution in [2.24, 2.45) is 0 Å². The van der Waals surface area contributed by atoms with E-state index < -0.39 is 5.51 Å². The summed E-state index contributed by atoms with van der Waals surface area (Å²) >= 11 is -0.215. The molecule has 1 aliphatic rings. The van der Waals surface area contributed by atoms with Crippen molar-refractivity contribution < 1.29 is 18.0 Å². The van der Waals surface area contributed by atoms with Crippen molar-refractivity contribution in [2.45, 2.75) is 42.1 Å². The molecule has 21 heavy (non-hydrogen) atoms. The van der Waals surface area contributed by atoms with Gasteiger partial charge in [-0.3, -0.25) is 4.79 Å². The van der Waals surface area contributed by atoms with Gasteiger partial charge in [-0.15, -0.1) is 0 Å². The molecule has 2 N–H and O–H groups in total. The van der Waals surface area contributed by atoms with Gasteiger partial charge in [-0.25, -0.2) is 0 Å². The molecule has 0 saturated carbocycles. The van der Waals surface area contributed by atoms with Crippen LogP contribution in [0.1, 0.15) is 25.7 Å². The summed E-state index contributed by atoms with van der Waals surface area (Å²) in [7, 11) is 0. The molecule has 3 nitrogen and oxygen atoms in total. The van der Waals surface area contributed by atoms with Gasteiger partial charge in [-0.05, 0) is 43.3 Å². The summed E-state index contributed by atoms with van der Waals surface area (Å²) in [6.45, 7) is 0.761. The minimum absolute atomic E-state index is 0.00646. The molecule has 2 rings (SSSR count). The maximum absolute atomic E-state index is 12.5. The van der Waals surface area contributed by atoms with Crippen LogP contribution in [0.15, 0.2) is 29.2 Å². The number of thioether (sulfide) groups is 1. The van der Waals surface area contributed by atoms with Crippen molar-refractivity contribution in [3.63, 3.8) is 0 Å². The highest BCUT2D eigenvalue weighted by Gasteiger charge is 2.31. The minimum atomic E-state index is -4.37. The predicted octanol–water partition coefficient (Wildman–Crippen LogP) is 3.77. The number of halogens is 3. The molecular formula is C14H17F3N2OS. The molecule has 116 valence electrons. The number of amides is 1. The van der Waals surface area contributed by atoms with Crippen LogP contribution in [0.25, 0.3) is 0 Å². The lowest BCUT2D eigenvalue weighted by Crippen LogP contribution is -2.39.